The lowest BCUT2D eigenvalue weighted by molar-refractivity contribution is -0.389. The second-order valence-electron chi connectivity index (χ2n) is 4.86. The number of imidazole rings is 1. The van der Waals surface area contributed by atoms with E-state index in [0.717, 1.165) is 18.2 Å². The van der Waals surface area contributed by atoms with Crippen LogP contribution in [0.1, 0.15) is 0 Å². The minimum Gasteiger partial charge on any atom is -0.358 e. The summed E-state index contributed by atoms with van der Waals surface area (Å²) in [6.07, 6.45) is 3.49. The van der Waals surface area contributed by atoms with E-state index in [-0.39, 0.29) is 10.7 Å². The van der Waals surface area contributed by atoms with Gasteiger partial charge in [-0.15, -0.1) is 11.3 Å². The van der Waals surface area contributed by atoms with E-state index in [1.807, 2.05) is 10.3 Å². The van der Waals surface area contributed by atoms with Crippen LogP contribution in [0.3, 0.4) is 0 Å². The summed E-state index contributed by atoms with van der Waals surface area (Å²) in [7, 11) is 0. The zero-order valence-electron chi connectivity index (χ0n) is 11.5. The number of aromatic nitrogens is 3. The average molecular weight is 336 g/mol. The van der Waals surface area contributed by atoms with Crippen molar-refractivity contribution < 1.29 is 4.92 Å². The van der Waals surface area contributed by atoms with Crippen LogP contribution < -0.4 is 9.80 Å². The molecule has 4 heterocycles. The molecular formula is C12H12N6O2S2. The van der Waals surface area contributed by atoms with Crippen LogP contribution in [0.2, 0.25) is 0 Å². The molecule has 0 unspecified atom stereocenters. The minimum absolute atomic E-state index is 0.0546. The van der Waals surface area contributed by atoms with Gasteiger partial charge in [-0.2, -0.15) is 9.38 Å². The van der Waals surface area contributed by atoms with E-state index in [1.54, 1.807) is 33.5 Å². The highest BCUT2D eigenvalue weighted by Gasteiger charge is 2.30. The molecule has 1 aliphatic heterocycles. The van der Waals surface area contributed by atoms with Crippen LogP contribution in [0.25, 0.3) is 4.96 Å². The van der Waals surface area contributed by atoms with Crippen LogP contribution in [0, 0.1) is 10.1 Å². The van der Waals surface area contributed by atoms with Gasteiger partial charge in [0.15, 0.2) is 5.13 Å². The van der Waals surface area contributed by atoms with E-state index in [9.17, 15) is 10.1 Å². The van der Waals surface area contributed by atoms with Crippen molar-refractivity contribution in [1.29, 1.82) is 0 Å². The van der Waals surface area contributed by atoms with Crippen LogP contribution in [0.5, 0.6) is 0 Å². The van der Waals surface area contributed by atoms with Crippen molar-refractivity contribution in [2.24, 2.45) is 0 Å². The predicted molar refractivity (Wildman–Crippen MR) is 86.3 cm³/mol. The highest BCUT2D eigenvalue weighted by molar-refractivity contribution is 7.15. The molecule has 0 aromatic carbocycles. The maximum absolute atomic E-state index is 11.4. The molecule has 114 valence electrons. The zero-order valence-corrected chi connectivity index (χ0v) is 13.1. The number of hydrogen-bond donors (Lipinski definition) is 0. The molecule has 1 aliphatic rings. The molecule has 0 aliphatic carbocycles. The fourth-order valence-corrected chi connectivity index (χ4v) is 4.03. The Balaban J connectivity index is 1.60. The van der Waals surface area contributed by atoms with Crippen molar-refractivity contribution in [2.45, 2.75) is 0 Å². The first-order valence-corrected chi connectivity index (χ1v) is 8.49. The molecule has 1 fully saturated rings. The molecular weight excluding hydrogens is 324 g/mol. The summed E-state index contributed by atoms with van der Waals surface area (Å²) >= 11 is 3.01. The summed E-state index contributed by atoms with van der Waals surface area (Å²) in [6, 6.07) is 0. The second kappa shape index (κ2) is 5.21. The number of nitrogens with zero attached hydrogens (tertiary/aromatic N) is 6. The molecule has 10 heteroatoms. The standard InChI is InChI=1S/C12H12N6O2S2/c19-18(20)10-9(14-12-17(10)6-8-22-12)15-2-4-16(5-3-15)11-13-1-7-21-11/h1,6-8H,2-5H2. The number of hydrogen-bond acceptors (Lipinski definition) is 8. The van der Waals surface area contributed by atoms with Crippen LogP contribution in [-0.2, 0) is 0 Å². The van der Waals surface area contributed by atoms with Gasteiger partial charge in [0.25, 0.3) is 4.96 Å². The first-order chi connectivity index (χ1) is 10.7. The molecule has 1 saturated heterocycles. The van der Waals surface area contributed by atoms with Gasteiger partial charge in [0, 0.05) is 43.1 Å². The van der Waals surface area contributed by atoms with Gasteiger partial charge in [-0.25, -0.2) is 4.98 Å². The number of nitro groups is 1. The molecule has 0 atom stereocenters. The van der Waals surface area contributed by atoms with Gasteiger partial charge in [-0.05, 0) is 4.92 Å². The third kappa shape index (κ3) is 2.11. The van der Waals surface area contributed by atoms with Crippen molar-refractivity contribution >= 4 is 44.4 Å². The van der Waals surface area contributed by atoms with E-state index in [2.05, 4.69) is 14.9 Å². The number of thiazole rings is 2. The predicted octanol–water partition coefficient (Wildman–Crippen LogP) is 2.09. The highest BCUT2D eigenvalue weighted by Crippen LogP contribution is 2.32. The molecule has 22 heavy (non-hydrogen) atoms. The third-order valence-corrected chi connectivity index (χ3v) is 5.25. The van der Waals surface area contributed by atoms with Crippen LogP contribution in [0.15, 0.2) is 23.2 Å². The van der Waals surface area contributed by atoms with Crippen molar-refractivity contribution in [2.75, 3.05) is 36.0 Å². The summed E-state index contributed by atoms with van der Waals surface area (Å²) in [5.41, 5.74) is 0. The lowest BCUT2D eigenvalue weighted by atomic mass is 10.3. The monoisotopic (exact) mass is 336 g/mol. The fraction of sp³-hybridized carbons (Fsp3) is 0.333. The topological polar surface area (TPSA) is 79.8 Å². The van der Waals surface area contributed by atoms with Crippen molar-refractivity contribution in [3.05, 3.63) is 33.3 Å². The third-order valence-electron chi connectivity index (χ3n) is 3.66. The number of anilines is 2. The van der Waals surface area contributed by atoms with Crippen LogP contribution in [-0.4, -0.2) is 45.5 Å². The summed E-state index contributed by atoms with van der Waals surface area (Å²) < 4.78 is 1.55. The molecule has 8 nitrogen and oxygen atoms in total. The van der Waals surface area contributed by atoms with E-state index in [4.69, 9.17) is 0 Å². The van der Waals surface area contributed by atoms with Gasteiger partial charge < -0.3 is 19.9 Å². The van der Waals surface area contributed by atoms with Crippen molar-refractivity contribution in [3.8, 4) is 0 Å². The first kappa shape index (κ1) is 13.5. The Labute approximate surface area is 133 Å². The molecule has 3 aromatic heterocycles. The van der Waals surface area contributed by atoms with Gasteiger partial charge >= 0.3 is 5.82 Å². The fourth-order valence-electron chi connectivity index (χ4n) is 2.63. The molecule has 0 saturated carbocycles. The summed E-state index contributed by atoms with van der Waals surface area (Å²) in [5, 5.41) is 16.2. The Morgan fingerprint density at radius 2 is 1.91 bits per heavy atom. The molecule has 0 spiro atoms. The molecule has 4 rings (SSSR count). The zero-order chi connectivity index (χ0) is 15.1. The molecule has 0 amide bonds. The number of rotatable bonds is 3. The average Bonchev–Trinajstić information content (AvgIpc) is 3.23. The quantitative estimate of drug-likeness (QED) is 0.538. The summed E-state index contributed by atoms with van der Waals surface area (Å²) in [5.74, 6) is 0.523. The Bertz CT molecular complexity index is 803. The summed E-state index contributed by atoms with van der Waals surface area (Å²) in [6.45, 7) is 2.97. The van der Waals surface area contributed by atoms with Crippen molar-refractivity contribution in [1.82, 2.24) is 14.4 Å². The normalized spacial score (nSPS) is 15.6. The number of piperazine rings is 1. The molecule has 0 radical (unpaired) electrons. The second-order valence-corrected chi connectivity index (χ2v) is 6.61. The smallest absolute Gasteiger partial charge is 0.358 e. The number of fused-ring (bicyclic) bond motifs is 1. The van der Waals surface area contributed by atoms with E-state index < -0.39 is 0 Å². The first-order valence-electron chi connectivity index (χ1n) is 6.73. The van der Waals surface area contributed by atoms with E-state index in [1.165, 1.54) is 11.3 Å². The summed E-state index contributed by atoms with van der Waals surface area (Å²) in [4.78, 5) is 24.6. The van der Waals surface area contributed by atoms with Gasteiger partial charge in [0.1, 0.15) is 6.20 Å². The van der Waals surface area contributed by atoms with Gasteiger partial charge in [0.05, 0.1) is 0 Å². The van der Waals surface area contributed by atoms with Gasteiger partial charge in [-0.3, -0.25) is 0 Å². The molecule has 3 aromatic rings. The SMILES string of the molecule is O=[N+]([O-])c1c(N2CCN(c3nccs3)CC2)nc2sccn12. The Hall–Kier alpha value is -2.20. The van der Waals surface area contributed by atoms with Crippen molar-refractivity contribution in [3.63, 3.8) is 0 Å². The largest absolute Gasteiger partial charge is 0.373 e. The van der Waals surface area contributed by atoms with Crippen LogP contribution >= 0.6 is 22.7 Å². The van der Waals surface area contributed by atoms with E-state index in [0.29, 0.717) is 23.9 Å². The van der Waals surface area contributed by atoms with Gasteiger partial charge in [0.2, 0.25) is 5.82 Å². The van der Waals surface area contributed by atoms with E-state index >= 15 is 0 Å². The maximum atomic E-state index is 11.4. The molecule has 0 N–H and O–H groups in total. The minimum atomic E-state index is -0.352. The Morgan fingerprint density at radius 1 is 1.14 bits per heavy atom. The van der Waals surface area contributed by atoms with Gasteiger partial charge in [-0.1, -0.05) is 11.3 Å². The Morgan fingerprint density at radius 3 is 2.59 bits per heavy atom. The van der Waals surface area contributed by atoms with Crippen LogP contribution in [0.4, 0.5) is 16.8 Å². The Kier molecular flexibility index (Phi) is 3.19. The lowest BCUT2D eigenvalue weighted by Gasteiger charge is -2.34. The maximum Gasteiger partial charge on any atom is 0.373 e. The molecule has 0 bridgehead atoms. The lowest BCUT2D eigenvalue weighted by Crippen LogP contribution is -2.46. The highest BCUT2D eigenvalue weighted by atomic mass is 32.1.